The largest absolute Gasteiger partial charge is 0.508 e. The standard InChI is InChI=1S/C25H34N4O4/c1-27-13-15-28(16-14-27)24(32)23(19-21-7-9-22(31)10-8-21)26-25(33)29(17-18-30)12-11-20-5-3-2-4-6-20/h2-10,23,30-31H,11-19H2,1H3,(H,26,33)/t23-/m0/s1. The fourth-order valence-electron chi connectivity index (χ4n) is 3.90. The Labute approximate surface area is 195 Å². The molecule has 0 saturated carbocycles. The van der Waals surface area contributed by atoms with Gasteiger partial charge >= 0.3 is 6.03 Å². The van der Waals surface area contributed by atoms with Crippen LogP contribution in [0.1, 0.15) is 11.1 Å². The number of likely N-dealkylation sites (N-methyl/N-ethyl adjacent to an activating group) is 1. The Morgan fingerprint density at radius 1 is 0.970 bits per heavy atom. The first-order valence-corrected chi connectivity index (χ1v) is 11.4. The molecular formula is C25H34N4O4. The maximum absolute atomic E-state index is 13.3. The molecule has 1 atom stereocenters. The first-order chi connectivity index (χ1) is 16.0. The van der Waals surface area contributed by atoms with Crippen LogP contribution in [0.25, 0.3) is 0 Å². The second-order valence-corrected chi connectivity index (χ2v) is 8.45. The highest BCUT2D eigenvalue weighted by Gasteiger charge is 2.29. The van der Waals surface area contributed by atoms with Crippen LogP contribution in [-0.4, -0.2) is 95.8 Å². The molecule has 0 spiro atoms. The number of hydrogen-bond donors (Lipinski definition) is 3. The highest BCUT2D eigenvalue weighted by molar-refractivity contribution is 5.87. The van der Waals surface area contributed by atoms with Crippen molar-refractivity contribution >= 4 is 11.9 Å². The van der Waals surface area contributed by atoms with E-state index in [0.717, 1.165) is 24.2 Å². The second-order valence-electron chi connectivity index (χ2n) is 8.45. The van der Waals surface area contributed by atoms with Crippen molar-refractivity contribution < 1.29 is 19.8 Å². The van der Waals surface area contributed by atoms with Crippen LogP contribution in [0.4, 0.5) is 4.79 Å². The molecule has 2 aromatic rings. The van der Waals surface area contributed by atoms with E-state index in [2.05, 4.69) is 10.2 Å². The van der Waals surface area contributed by atoms with Crippen LogP contribution in [-0.2, 0) is 17.6 Å². The minimum atomic E-state index is -0.733. The van der Waals surface area contributed by atoms with Gasteiger partial charge in [-0.25, -0.2) is 4.79 Å². The number of urea groups is 1. The highest BCUT2D eigenvalue weighted by Crippen LogP contribution is 2.14. The maximum atomic E-state index is 13.3. The third-order valence-corrected chi connectivity index (χ3v) is 5.96. The van der Waals surface area contributed by atoms with E-state index in [4.69, 9.17) is 0 Å². The number of nitrogens with one attached hydrogen (secondary N) is 1. The van der Waals surface area contributed by atoms with Gasteiger partial charge in [0.1, 0.15) is 11.8 Å². The van der Waals surface area contributed by atoms with Gasteiger partial charge in [-0.3, -0.25) is 4.79 Å². The summed E-state index contributed by atoms with van der Waals surface area (Å²) in [6.07, 6.45) is 0.978. The lowest BCUT2D eigenvalue weighted by Gasteiger charge is -2.35. The molecule has 0 radical (unpaired) electrons. The van der Waals surface area contributed by atoms with Crippen molar-refractivity contribution in [3.8, 4) is 5.75 Å². The third kappa shape index (κ3) is 7.47. The molecule has 0 bridgehead atoms. The number of benzene rings is 2. The van der Waals surface area contributed by atoms with Gasteiger partial charge in [0.25, 0.3) is 0 Å². The Bertz CT molecular complexity index is 883. The number of phenolic OH excluding ortho intramolecular Hbond substituents is 1. The number of rotatable bonds is 9. The molecule has 1 fully saturated rings. The quantitative estimate of drug-likeness (QED) is 0.531. The Morgan fingerprint density at radius 3 is 2.27 bits per heavy atom. The molecule has 0 aromatic heterocycles. The van der Waals surface area contributed by atoms with E-state index in [-0.39, 0.29) is 30.8 Å². The van der Waals surface area contributed by atoms with E-state index in [1.165, 1.54) is 0 Å². The predicted molar refractivity (Wildman–Crippen MR) is 127 cm³/mol. The molecule has 0 unspecified atom stereocenters. The Kier molecular flexibility index (Phi) is 9.09. The number of aliphatic hydroxyl groups excluding tert-OH is 1. The van der Waals surface area contributed by atoms with Gasteiger partial charge < -0.3 is 30.2 Å². The van der Waals surface area contributed by atoms with Crippen LogP contribution >= 0.6 is 0 Å². The topological polar surface area (TPSA) is 96.3 Å². The predicted octanol–water partition coefficient (Wildman–Crippen LogP) is 1.32. The van der Waals surface area contributed by atoms with E-state index in [0.29, 0.717) is 32.5 Å². The molecule has 1 heterocycles. The summed E-state index contributed by atoms with van der Waals surface area (Å²) in [5.41, 5.74) is 1.95. The summed E-state index contributed by atoms with van der Waals surface area (Å²) in [6, 6.07) is 15.4. The number of aromatic hydroxyl groups is 1. The molecule has 8 heteroatoms. The van der Waals surface area contributed by atoms with Crippen molar-refractivity contribution in [2.24, 2.45) is 0 Å². The molecular weight excluding hydrogens is 420 g/mol. The van der Waals surface area contributed by atoms with Crippen molar-refractivity contribution in [1.82, 2.24) is 20.0 Å². The number of nitrogens with zero attached hydrogens (tertiary/aromatic N) is 3. The van der Waals surface area contributed by atoms with Crippen LogP contribution in [0.2, 0.25) is 0 Å². The molecule has 33 heavy (non-hydrogen) atoms. The number of hydrogen-bond acceptors (Lipinski definition) is 5. The zero-order valence-corrected chi connectivity index (χ0v) is 19.2. The summed E-state index contributed by atoms with van der Waals surface area (Å²) in [4.78, 5) is 32.0. The summed E-state index contributed by atoms with van der Waals surface area (Å²) < 4.78 is 0. The first-order valence-electron chi connectivity index (χ1n) is 11.4. The highest BCUT2D eigenvalue weighted by atomic mass is 16.3. The van der Waals surface area contributed by atoms with Crippen molar-refractivity contribution in [1.29, 1.82) is 0 Å². The van der Waals surface area contributed by atoms with E-state index in [9.17, 15) is 19.8 Å². The number of amides is 3. The van der Waals surface area contributed by atoms with E-state index in [1.54, 1.807) is 34.1 Å². The lowest BCUT2D eigenvalue weighted by atomic mass is 10.0. The number of piperazine rings is 1. The van der Waals surface area contributed by atoms with E-state index < -0.39 is 6.04 Å². The molecule has 1 aliphatic rings. The summed E-state index contributed by atoms with van der Waals surface area (Å²) in [5, 5.41) is 22.0. The van der Waals surface area contributed by atoms with Gasteiger partial charge in [-0.2, -0.15) is 0 Å². The monoisotopic (exact) mass is 454 g/mol. The van der Waals surface area contributed by atoms with Gasteiger partial charge in [-0.15, -0.1) is 0 Å². The van der Waals surface area contributed by atoms with Crippen molar-refractivity contribution in [2.45, 2.75) is 18.9 Å². The molecule has 2 aromatic carbocycles. The number of carbonyl (C=O) groups is 2. The zero-order valence-electron chi connectivity index (χ0n) is 19.2. The lowest BCUT2D eigenvalue weighted by Crippen LogP contribution is -2.57. The van der Waals surface area contributed by atoms with Gasteiger partial charge in [0.15, 0.2) is 0 Å². The average molecular weight is 455 g/mol. The van der Waals surface area contributed by atoms with Gasteiger partial charge in [0, 0.05) is 45.7 Å². The Hall–Kier alpha value is -3.10. The normalized spacial score (nSPS) is 15.2. The minimum Gasteiger partial charge on any atom is -0.508 e. The van der Waals surface area contributed by atoms with Crippen LogP contribution < -0.4 is 5.32 Å². The van der Waals surface area contributed by atoms with E-state index >= 15 is 0 Å². The molecule has 3 N–H and O–H groups in total. The van der Waals surface area contributed by atoms with Gasteiger partial charge in [0.2, 0.25) is 5.91 Å². The van der Waals surface area contributed by atoms with Crippen LogP contribution in [0, 0.1) is 0 Å². The minimum absolute atomic E-state index is 0.114. The van der Waals surface area contributed by atoms with Crippen molar-refractivity contribution in [3.63, 3.8) is 0 Å². The number of aliphatic hydroxyl groups is 1. The Balaban J connectivity index is 1.70. The summed E-state index contributed by atoms with van der Waals surface area (Å²) in [7, 11) is 2.02. The molecule has 1 saturated heterocycles. The van der Waals surface area contributed by atoms with Crippen molar-refractivity contribution in [3.05, 3.63) is 65.7 Å². The third-order valence-electron chi connectivity index (χ3n) is 5.96. The SMILES string of the molecule is CN1CCN(C(=O)[C@H](Cc2ccc(O)cc2)NC(=O)N(CCO)CCc2ccccc2)CC1. The molecule has 0 aliphatic carbocycles. The number of carbonyl (C=O) groups excluding carboxylic acids is 2. The van der Waals surface area contributed by atoms with E-state index in [1.807, 2.05) is 37.4 Å². The molecule has 8 nitrogen and oxygen atoms in total. The average Bonchev–Trinajstić information content (AvgIpc) is 2.83. The zero-order chi connectivity index (χ0) is 23.6. The molecule has 3 rings (SSSR count). The summed E-state index contributed by atoms with van der Waals surface area (Å²) >= 11 is 0. The summed E-state index contributed by atoms with van der Waals surface area (Å²) in [6.45, 7) is 3.28. The van der Waals surface area contributed by atoms with Crippen LogP contribution in [0.15, 0.2) is 54.6 Å². The van der Waals surface area contributed by atoms with Gasteiger partial charge in [-0.1, -0.05) is 42.5 Å². The first kappa shape index (κ1) is 24.5. The van der Waals surface area contributed by atoms with Gasteiger partial charge in [0.05, 0.1) is 6.61 Å². The van der Waals surface area contributed by atoms with Gasteiger partial charge in [-0.05, 0) is 36.7 Å². The fraction of sp³-hybridized carbons (Fsp3) is 0.440. The van der Waals surface area contributed by atoms with Crippen molar-refractivity contribution in [2.75, 3.05) is 52.9 Å². The Morgan fingerprint density at radius 2 is 1.64 bits per heavy atom. The molecule has 178 valence electrons. The van der Waals surface area contributed by atoms with Crippen LogP contribution in [0.3, 0.4) is 0 Å². The smallest absolute Gasteiger partial charge is 0.318 e. The van der Waals surface area contributed by atoms with Crippen LogP contribution in [0.5, 0.6) is 5.75 Å². The lowest BCUT2D eigenvalue weighted by molar-refractivity contribution is -0.134. The molecule has 3 amide bonds. The fourth-order valence-corrected chi connectivity index (χ4v) is 3.90. The number of phenols is 1. The summed E-state index contributed by atoms with van der Waals surface area (Å²) in [5.74, 6) is 0.0382. The second kappa shape index (κ2) is 12.2. The maximum Gasteiger partial charge on any atom is 0.318 e. The molecule has 1 aliphatic heterocycles.